The molecule has 7 unspecified atom stereocenters. The van der Waals surface area contributed by atoms with Crippen molar-refractivity contribution in [3.63, 3.8) is 0 Å². The summed E-state index contributed by atoms with van der Waals surface area (Å²) in [6.07, 6.45) is 6.10. The molecular weight excluding hydrogens is 558 g/mol. The van der Waals surface area contributed by atoms with Gasteiger partial charge in [-0.2, -0.15) is 0 Å². The van der Waals surface area contributed by atoms with Crippen LogP contribution in [0.1, 0.15) is 107 Å². The summed E-state index contributed by atoms with van der Waals surface area (Å²) in [4.78, 5) is 13.9. The Labute approximate surface area is 264 Å². The van der Waals surface area contributed by atoms with Crippen molar-refractivity contribution < 1.29 is 34.3 Å². The number of aliphatic hydroxyl groups is 3. The average Bonchev–Trinajstić information content (AvgIpc) is 3.58. The van der Waals surface area contributed by atoms with Gasteiger partial charge in [-0.05, 0) is 111 Å². The molecule has 3 N–H and O–H groups in total. The largest absolute Gasteiger partial charge is 0.390 e. The van der Waals surface area contributed by atoms with Gasteiger partial charge in [-0.25, -0.2) is 0 Å². The van der Waals surface area contributed by atoms with E-state index in [0.29, 0.717) is 49.3 Å². The SMILES string of the molecule is CC(=O)N1CCOC(OC2CCC34CC35CC[C@]3(C)C6C(OC([C@H](O)C(C)(C)O)C[C@H]6C)[C@H](O)[C@@]3(C)[C@@H]5CC[C@H]4C2(C)C)C1. The van der Waals surface area contributed by atoms with Gasteiger partial charge in [0, 0.05) is 18.9 Å². The first kappa shape index (κ1) is 31.8. The lowest BCUT2D eigenvalue weighted by Crippen LogP contribution is -2.60. The molecule has 0 aromatic carbocycles. The molecule has 1 amide bonds. The van der Waals surface area contributed by atoms with E-state index in [-0.39, 0.29) is 52.0 Å². The molecule has 7 aliphatic rings. The standard InChI is InChI=1S/C36H59NO7/c1-20-17-22(29(39)32(5,6)41)43-28-27(20)33(7)13-14-36-19-35(36)12-11-25(44-26-18-37(21(2)38)15-16-42-26)31(3,4)23(35)9-10-24(36)34(33,8)30(28)40/h20,22-30,39-41H,9-19H2,1-8H3/t20-,22?,23+,24+,25?,26?,27?,28?,29+,30+,33-,34-,35?,36?/m1/s1. The van der Waals surface area contributed by atoms with Crippen molar-refractivity contribution in [3.8, 4) is 0 Å². The Balaban J connectivity index is 1.14. The summed E-state index contributed by atoms with van der Waals surface area (Å²) in [7, 11) is 0. The molecule has 0 bridgehead atoms. The Bertz CT molecular complexity index is 1170. The maximum atomic E-state index is 12.4. The molecule has 2 saturated heterocycles. The minimum Gasteiger partial charge on any atom is -0.390 e. The fraction of sp³-hybridized carbons (Fsp3) is 0.972. The number of morpholine rings is 1. The number of aliphatic hydroxyl groups excluding tert-OH is 2. The molecule has 2 spiro atoms. The summed E-state index contributed by atoms with van der Waals surface area (Å²) >= 11 is 0. The number of ether oxygens (including phenoxy) is 3. The number of carbonyl (C=O) groups excluding carboxylic acids is 1. The lowest BCUT2D eigenvalue weighted by Gasteiger charge is -2.64. The molecule has 14 atom stereocenters. The van der Waals surface area contributed by atoms with Crippen molar-refractivity contribution in [1.29, 1.82) is 0 Å². The van der Waals surface area contributed by atoms with Gasteiger partial charge in [0.25, 0.3) is 0 Å². The second-order valence-electron chi connectivity index (χ2n) is 18.0. The van der Waals surface area contributed by atoms with Gasteiger partial charge >= 0.3 is 0 Å². The molecule has 7 fully saturated rings. The van der Waals surface area contributed by atoms with Crippen LogP contribution in [-0.4, -0.2) is 88.2 Å². The summed E-state index contributed by atoms with van der Waals surface area (Å²) in [5.74, 6) is 1.62. The van der Waals surface area contributed by atoms with E-state index in [1.165, 1.54) is 12.8 Å². The fourth-order valence-corrected chi connectivity index (χ4v) is 13.4. The summed E-state index contributed by atoms with van der Waals surface area (Å²) < 4.78 is 19.4. The molecular formula is C36H59NO7. The molecule has 0 radical (unpaired) electrons. The summed E-state index contributed by atoms with van der Waals surface area (Å²) in [5.41, 5.74) is -1.01. The van der Waals surface area contributed by atoms with Crippen molar-refractivity contribution in [2.24, 2.45) is 50.7 Å². The Morgan fingerprint density at radius 1 is 1.05 bits per heavy atom. The van der Waals surface area contributed by atoms with Crippen LogP contribution in [0.3, 0.4) is 0 Å². The Kier molecular flexibility index (Phi) is 7.14. The number of amides is 1. The van der Waals surface area contributed by atoms with Crippen LogP contribution in [0, 0.1) is 50.7 Å². The average molecular weight is 618 g/mol. The van der Waals surface area contributed by atoms with Crippen LogP contribution in [-0.2, 0) is 19.0 Å². The van der Waals surface area contributed by atoms with E-state index >= 15 is 0 Å². The van der Waals surface area contributed by atoms with Crippen molar-refractivity contribution in [1.82, 2.24) is 4.90 Å². The van der Waals surface area contributed by atoms with Crippen LogP contribution in [0.15, 0.2) is 0 Å². The van der Waals surface area contributed by atoms with Crippen molar-refractivity contribution in [2.45, 2.75) is 149 Å². The molecule has 44 heavy (non-hydrogen) atoms. The highest BCUT2D eigenvalue weighted by Gasteiger charge is 2.84. The Hall–Kier alpha value is -0.770. The van der Waals surface area contributed by atoms with Crippen LogP contribution in [0.25, 0.3) is 0 Å². The normalized spacial score (nSPS) is 53.4. The predicted molar refractivity (Wildman–Crippen MR) is 165 cm³/mol. The van der Waals surface area contributed by atoms with Crippen LogP contribution < -0.4 is 0 Å². The van der Waals surface area contributed by atoms with Gasteiger partial charge < -0.3 is 34.4 Å². The van der Waals surface area contributed by atoms with Gasteiger partial charge in [-0.15, -0.1) is 0 Å². The summed E-state index contributed by atoms with van der Waals surface area (Å²) in [6.45, 7) is 18.5. The Morgan fingerprint density at radius 3 is 2.41 bits per heavy atom. The zero-order valence-electron chi connectivity index (χ0n) is 28.5. The predicted octanol–water partition coefficient (Wildman–Crippen LogP) is 4.52. The van der Waals surface area contributed by atoms with E-state index in [4.69, 9.17) is 14.2 Å². The highest BCUT2D eigenvalue weighted by atomic mass is 16.7. The van der Waals surface area contributed by atoms with Crippen molar-refractivity contribution >= 4 is 5.91 Å². The van der Waals surface area contributed by atoms with Crippen molar-refractivity contribution in [2.75, 3.05) is 19.7 Å². The number of hydrogen-bond donors (Lipinski definition) is 3. The fourth-order valence-electron chi connectivity index (χ4n) is 13.4. The first-order valence-corrected chi connectivity index (χ1v) is 17.7. The molecule has 2 heterocycles. The van der Waals surface area contributed by atoms with E-state index in [0.717, 1.165) is 32.1 Å². The minimum atomic E-state index is -1.25. The smallest absolute Gasteiger partial charge is 0.219 e. The molecule has 8 heteroatoms. The van der Waals surface area contributed by atoms with Crippen molar-refractivity contribution in [3.05, 3.63) is 0 Å². The van der Waals surface area contributed by atoms with E-state index in [9.17, 15) is 20.1 Å². The van der Waals surface area contributed by atoms with Crippen LogP contribution in [0.5, 0.6) is 0 Å². The lowest BCUT2D eigenvalue weighted by molar-refractivity contribution is -0.247. The van der Waals surface area contributed by atoms with Crippen LogP contribution in [0.4, 0.5) is 0 Å². The maximum absolute atomic E-state index is 12.4. The zero-order valence-corrected chi connectivity index (χ0v) is 28.5. The number of carbonyl (C=O) groups is 1. The first-order chi connectivity index (χ1) is 20.4. The molecule has 5 aliphatic carbocycles. The van der Waals surface area contributed by atoms with Gasteiger partial charge in [0.1, 0.15) is 6.10 Å². The second-order valence-corrected chi connectivity index (χ2v) is 18.0. The van der Waals surface area contributed by atoms with E-state index < -0.39 is 23.9 Å². The quantitative estimate of drug-likeness (QED) is 0.426. The van der Waals surface area contributed by atoms with Crippen LogP contribution in [0.2, 0.25) is 0 Å². The van der Waals surface area contributed by atoms with Gasteiger partial charge in [0.05, 0.1) is 43.2 Å². The van der Waals surface area contributed by atoms with E-state index in [1.807, 2.05) is 4.90 Å². The zero-order chi connectivity index (χ0) is 31.8. The van der Waals surface area contributed by atoms with E-state index in [2.05, 4.69) is 34.6 Å². The van der Waals surface area contributed by atoms with Gasteiger partial charge in [0.15, 0.2) is 6.29 Å². The van der Waals surface area contributed by atoms with Gasteiger partial charge in [-0.3, -0.25) is 4.79 Å². The lowest BCUT2D eigenvalue weighted by atomic mass is 9.41. The molecule has 2 aliphatic heterocycles. The molecule has 8 nitrogen and oxygen atoms in total. The highest BCUT2D eigenvalue weighted by molar-refractivity contribution is 5.73. The highest BCUT2D eigenvalue weighted by Crippen LogP contribution is 2.89. The number of nitrogens with zero attached hydrogens (tertiary/aromatic N) is 1. The Morgan fingerprint density at radius 2 is 1.73 bits per heavy atom. The minimum absolute atomic E-state index is 0.00337. The third kappa shape index (κ3) is 4.00. The maximum Gasteiger partial charge on any atom is 0.219 e. The van der Waals surface area contributed by atoms with E-state index in [1.54, 1.807) is 20.8 Å². The first-order valence-electron chi connectivity index (χ1n) is 17.7. The molecule has 250 valence electrons. The topological polar surface area (TPSA) is 109 Å². The molecule has 0 aromatic rings. The number of fused-ring (bicyclic) bond motifs is 4. The monoisotopic (exact) mass is 617 g/mol. The third-order valence-electron chi connectivity index (χ3n) is 15.6. The van der Waals surface area contributed by atoms with Gasteiger partial charge in [-0.1, -0.05) is 34.6 Å². The molecule has 7 rings (SSSR count). The van der Waals surface area contributed by atoms with Gasteiger partial charge in [0.2, 0.25) is 5.91 Å². The summed E-state index contributed by atoms with van der Waals surface area (Å²) in [5, 5.41) is 34.0. The number of rotatable bonds is 4. The molecule has 5 saturated carbocycles. The van der Waals surface area contributed by atoms with Crippen LogP contribution >= 0.6 is 0 Å². The second kappa shape index (κ2) is 9.88. The summed E-state index contributed by atoms with van der Waals surface area (Å²) in [6, 6.07) is 0. The molecule has 0 aromatic heterocycles. The number of hydrogen-bond acceptors (Lipinski definition) is 7. The third-order valence-corrected chi connectivity index (χ3v) is 15.6.